The number of carbonyl (C=O) groups is 5. The Balaban J connectivity index is 0.771. The molecule has 15 nitrogen and oxygen atoms in total. The van der Waals surface area contributed by atoms with Crippen molar-refractivity contribution in [2.75, 3.05) is 42.5 Å². The number of nitrogen functional groups attached to an aromatic ring is 1. The summed E-state index contributed by atoms with van der Waals surface area (Å²) in [7, 11) is 0. The third kappa shape index (κ3) is 11.8. The van der Waals surface area contributed by atoms with E-state index in [0.717, 1.165) is 56.1 Å². The average Bonchev–Trinajstić information content (AvgIpc) is 3.64. The minimum atomic E-state index is -0.830. The molecule has 5 N–H and O–H groups in total. The standard InChI is InChI=1S/C49H58Cl2FN9O6/c1-29-26-59(48(65)32-15-17-33(18-16-32)55-46(63)39-25-41(45(53)58-57-39)67-31(3)43-36(50)19-20-37(52)44(43)51)27-30(2)60(29)24-11-9-7-5-4-6-8-10-23-54-38-14-12-13-34-35(38)28-61(49(34)66)40-21-22-42(62)56-47(40)64/h12-20,25,29-31,40,54H,4-11,21-24,26-28H2,1-3H3,(H2,53,58)(H,55,63)(H,56,62,64)/t29-,30+,31-,40?/m1/s1. The maximum atomic E-state index is 14.1. The predicted octanol–water partition coefficient (Wildman–Crippen LogP) is 8.43. The molecule has 0 saturated carbocycles. The van der Waals surface area contributed by atoms with Crippen LogP contribution in [-0.4, -0.2) is 98.7 Å². The van der Waals surface area contributed by atoms with Gasteiger partial charge in [0.1, 0.15) is 18.0 Å². The van der Waals surface area contributed by atoms with Crippen LogP contribution >= 0.6 is 23.2 Å². The molecular formula is C49H58Cl2FN9O6. The topological polar surface area (TPSA) is 192 Å². The first kappa shape index (κ1) is 49.1. The number of unbranched alkanes of at least 4 members (excludes halogenated alkanes) is 7. The number of carbonyl (C=O) groups excluding carboxylic acids is 5. The molecule has 1 unspecified atom stereocenters. The van der Waals surface area contributed by atoms with Gasteiger partial charge in [0.05, 0.1) is 5.02 Å². The molecule has 18 heteroatoms. The Kier molecular flexibility index (Phi) is 16.3. The van der Waals surface area contributed by atoms with Crippen LogP contribution in [-0.2, 0) is 16.1 Å². The van der Waals surface area contributed by atoms with Crippen molar-refractivity contribution < 1.29 is 33.1 Å². The van der Waals surface area contributed by atoms with Crippen molar-refractivity contribution in [3.05, 3.63) is 104 Å². The van der Waals surface area contributed by atoms with Crippen LogP contribution in [0, 0.1) is 5.82 Å². The Morgan fingerprint density at radius 3 is 2.31 bits per heavy atom. The number of piperidine rings is 1. The van der Waals surface area contributed by atoms with E-state index in [9.17, 15) is 28.4 Å². The van der Waals surface area contributed by atoms with E-state index < -0.39 is 29.8 Å². The van der Waals surface area contributed by atoms with E-state index in [4.69, 9.17) is 33.7 Å². The highest BCUT2D eigenvalue weighted by atomic mass is 35.5. The van der Waals surface area contributed by atoms with Gasteiger partial charge in [-0.25, -0.2) is 4.39 Å². The normalized spacial score (nSPS) is 19.0. The molecule has 0 bridgehead atoms. The van der Waals surface area contributed by atoms with Gasteiger partial charge in [-0.05, 0) is 95.1 Å². The minimum absolute atomic E-state index is 0.0390. The van der Waals surface area contributed by atoms with Crippen LogP contribution in [0.2, 0.25) is 10.0 Å². The summed E-state index contributed by atoms with van der Waals surface area (Å²) in [5.41, 5.74) is 9.55. The van der Waals surface area contributed by atoms with E-state index in [1.165, 1.54) is 37.8 Å². The fourth-order valence-corrected chi connectivity index (χ4v) is 9.92. The summed E-state index contributed by atoms with van der Waals surface area (Å²) < 4.78 is 20.0. The molecule has 2 fully saturated rings. The van der Waals surface area contributed by atoms with Crippen LogP contribution < -0.4 is 26.4 Å². The summed E-state index contributed by atoms with van der Waals surface area (Å²) in [4.78, 5) is 69.9. The SMILES string of the molecule is C[C@@H]1CN(C(=O)c2ccc(NC(=O)c3cc(O[C@H](C)c4c(Cl)ccc(F)c4Cl)c(N)nn3)cc2)C[C@H](C)N1CCCCCCCCCCNc1cccc2c1CN(C1CCC(=O)NC1=O)C2=O. The molecule has 7 rings (SSSR count). The number of fused-ring (bicyclic) bond motifs is 1. The zero-order chi connectivity index (χ0) is 47.8. The Morgan fingerprint density at radius 2 is 1.61 bits per heavy atom. The number of amides is 5. The third-order valence-electron chi connectivity index (χ3n) is 12.8. The number of rotatable bonds is 19. The van der Waals surface area contributed by atoms with Crippen LogP contribution in [0.1, 0.15) is 133 Å². The van der Waals surface area contributed by atoms with Crippen molar-refractivity contribution in [1.29, 1.82) is 0 Å². The van der Waals surface area contributed by atoms with Gasteiger partial charge < -0.3 is 30.9 Å². The maximum Gasteiger partial charge on any atom is 0.276 e. The molecule has 2 saturated heterocycles. The highest BCUT2D eigenvalue weighted by Gasteiger charge is 2.40. The summed E-state index contributed by atoms with van der Waals surface area (Å²) in [6.07, 6.45) is 8.92. The van der Waals surface area contributed by atoms with E-state index in [2.05, 4.69) is 44.9 Å². The zero-order valence-corrected chi connectivity index (χ0v) is 39.6. The minimum Gasteiger partial charge on any atom is -0.482 e. The molecule has 0 aliphatic carbocycles. The van der Waals surface area contributed by atoms with Crippen LogP contribution in [0.15, 0.2) is 60.7 Å². The molecule has 1 aromatic heterocycles. The van der Waals surface area contributed by atoms with Gasteiger partial charge in [0.2, 0.25) is 11.8 Å². The van der Waals surface area contributed by atoms with Crippen molar-refractivity contribution in [2.24, 2.45) is 0 Å². The van der Waals surface area contributed by atoms with E-state index in [1.807, 2.05) is 17.0 Å². The molecule has 4 aromatic rings. The van der Waals surface area contributed by atoms with Crippen molar-refractivity contribution in [3.63, 3.8) is 0 Å². The number of halogens is 3. The van der Waals surface area contributed by atoms with E-state index in [1.54, 1.807) is 42.2 Å². The number of ether oxygens (including phenoxy) is 1. The van der Waals surface area contributed by atoms with Gasteiger partial charge in [-0.15, -0.1) is 10.2 Å². The predicted molar refractivity (Wildman–Crippen MR) is 256 cm³/mol. The summed E-state index contributed by atoms with van der Waals surface area (Å²) >= 11 is 12.4. The van der Waals surface area contributed by atoms with Crippen molar-refractivity contribution >= 4 is 69.9 Å². The molecule has 67 heavy (non-hydrogen) atoms. The molecule has 3 aliphatic heterocycles. The van der Waals surface area contributed by atoms with Crippen LogP contribution in [0.5, 0.6) is 5.75 Å². The smallest absolute Gasteiger partial charge is 0.276 e. The Labute approximate surface area is 400 Å². The summed E-state index contributed by atoms with van der Waals surface area (Å²) in [6, 6.07) is 16.0. The lowest BCUT2D eigenvalue weighted by Crippen LogP contribution is -2.58. The number of nitrogens with two attached hydrogens (primary N) is 1. The second-order valence-electron chi connectivity index (χ2n) is 17.7. The number of nitrogens with one attached hydrogen (secondary N) is 3. The van der Waals surface area contributed by atoms with E-state index >= 15 is 0 Å². The average molecular weight is 959 g/mol. The van der Waals surface area contributed by atoms with E-state index in [0.29, 0.717) is 42.9 Å². The van der Waals surface area contributed by atoms with Gasteiger partial charge in [0, 0.05) is 89.4 Å². The lowest BCUT2D eigenvalue weighted by Gasteiger charge is -2.44. The Morgan fingerprint density at radius 1 is 0.925 bits per heavy atom. The molecule has 0 radical (unpaired) electrons. The third-order valence-corrected chi connectivity index (χ3v) is 13.5. The zero-order valence-electron chi connectivity index (χ0n) is 38.1. The van der Waals surface area contributed by atoms with Crippen molar-refractivity contribution in [3.8, 4) is 5.75 Å². The van der Waals surface area contributed by atoms with E-state index in [-0.39, 0.29) is 69.1 Å². The number of nitrogens with zero attached hydrogens (tertiary/aromatic N) is 5. The van der Waals surface area contributed by atoms with Crippen molar-refractivity contribution in [1.82, 2.24) is 30.2 Å². The first-order valence-electron chi connectivity index (χ1n) is 23.1. The molecule has 5 amide bonds. The quantitative estimate of drug-likeness (QED) is 0.0401. The number of hydrogen-bond acceptors (Lipinski definition) is 11. The van der Waals surface area contributed by atoms with Crippen molar-refractivity contribution in [2.45, 2.75) is 116 Å². The first-order valence-corrected chi connectivity index (χ1v) is 23.9. The maximum absolute atomic E-state index is 14.1. The number of anilines is 3. The first-order chi connectivity index (χ1) is 32.2. The lowest BCUT2D eigenvalue weighted by atomic mass is 10.0. The van der Waals surface area contributed by atoms with Crippen LogP contribution in [0.4, 0.5) is 21.6 Å². The molecule has 4 heterocycles. The molecule has 0 spiro atoms. The van der Waals surface area contributed by atoms with Gasteiger partial charge in [0.25, 0.3) is 17.7 Å². The number of imide groups is 1. The fourth-order valence-electron chi connectivity index (χ4n) is 9.25. The van der Waals surface area contributed by atoms with Crippen LogP contribution in [0.3, 0.4) is 0 Å². The number of piperazine rings is 1. The number of hydrogen-bond donors (Lipinski definition) is 4. The van der Waals surface area contributed by atoms with Gasteiger partial charge >= 0.3 is 0 Å². The number of benzene rings is 3. The van der Waals surface area contributed by atoms with Gasteiger partial charge in [-0.1, -0.05) is 67.8 Å². The van der Waals surface area contributed by atoms with Gasteiger partial charge in [0.15, 0.2) is 17.3 Å². The monoisotopic (exact) mass is 957 g/mol. The molecular weight excluding hydrogens is 900 g/mol. The number of aromatic nitrogens is 2. The highest BCUT2D eigenvalue weighted by molar-refractivity contribution is 6.36. The van der Waals surface area contributed by atoms with Crippen LogP contribution in [0.25, 0.3) is 0 Å². The highest BCUT2D eigenvalue weighted by Crippen LogP contribution is 2.36. The molecule has 3 aliphatic rings. The summed E-state index contributed by atoms with van der Waals surface area (Å²) in [6.45, 7) is 9.37. The fraction of sp³-hybridized carbons (Fsp3) is 0.449. The Hall–Kier alpha value is -5.84. The van der Waals surface area contributed by atoms with Gasteiger partial charge in [-0.3, -0.25) is 34.2 Å². The molecule has 4 atom stereocenters. The molecule has 3 aromatic carbocycles. The lowest BCUT2D eigenvalue weighted by molar-refractivity contribution is -0.136. The largest absolute Gasteiger partial charge is 0.482 e. The summed E-state index contributed by atoms with van der Waals surface area (Å²) in [5.74, 6) is -2.20. The second-order valence-corrected chi connectivity index (χ2v) is 18.4. The molecule has 356 valence electrons. The Bertz CT molecular complexity index is 2470. The van der Waals surface area contributed by atoms with Gasteiger partial charge in [-0.2, -0.15) is 0 Å². The second kappa shape index (κ2) is 22.3. The summed E-state index contributed by atoms with van der Waals surface area (Å²) in [5, 5.41) is 16.4.